The number of aromatic nitrogens is 2. The number of hydrogen-bond donors (Lipinski definition) is 1. The number of ether oxygens (including phenoxy) is 1. The molecular formula is C20H19ClN4O2. The average Bonchev–Trinajstić information content (AvgIpc) is 3.30. The van der Waals surface area contributed by atoms with Crippen molar-refractivity contribution >= 4 is 12.4 Å². The smallest absolute Gasteiger partial charge is 0.258 e. The van der Waals surface area contributed by atoms with Crippen LogP contribution in [0.15, 0.2) is 40.9 Å². The average molecular weight is 383 g/mol. The molecule has 0 amide bonds. The summed E-state index contributed by atoms with van der Waals surface area (Å²) in [6.07, 6.45) is -0.00302. The summed E-state index contributed by atoms with van der Waals surface area (Å²) in [5.41, 5.74) is 4.58. The highest BCUT2D eigenvalue weighted by atomic mass is 35.5. The van der Waals surface area contributed by atoms with Gasteiger partial charge in [-0.3, -0.25) is 0 Å². The van der Waals surface area contributed by atoms with Gasteiger partial charge in [0.25, 0.3) is 5.89 Å². The predicted molar refractivity (Wildman–Crippen MR) is 103 cm³/mol. The molecule has 7 heteroatoms. The van der Waals surface area contributed by atoms with Crippen LogP contribution in [0.25, 0.3) is 22.8 Å². The number of nitrogens with zero attached hydrogens (tertiary/aromatic N) is 3. The molecule has 0 saturated carbocycles. The second-order valence-corrected chi connectivity index (χ2v) is 6.46. The van der Waals surface area contributed by atoms with E-state index in [0.717, 1.165) is 18.7 Å². The van der Waals surface area contributed by atoms with E-state index in [9.17, 15) is 5.26 Å². The largest absolute Gasteiger partial charge is 0.490 e. The van der Waals surface area contributed by atoms with Gasteiger partial charge in [-0.25, -0.2) is 0 Å². The van der Waals surface area contributed by atoms with Crippen molar-refractivity contribution in [1.82, 2.24) is 15.5 Å². The zero-order chi connectivity index (χ0) is 18.1. The highest BCUT2D eigenvalue weighted by Gasteiger charge is 2.19. The van der Waals surface area contributed by atoms with Crippen LogP contribution >= 0.6 is 12.4 Å². The number of rotatable bonds is 4. The number of benzene rings is 2. The molecule has 3 aromatic rings. The van der Waals surface area contributed by atoms with Crippen molar-refractivity contribution in [2.24, 2.45) is 0 Å². The lowest BCUT2D eigenvalue weighted by Crippen LogP contribution is -2.06. The van der Waals surface area contributed by atoms with Crippen LogP contribution in [-0.4, -0.2) is 16.2 Å². The van der Waals surface area contributed by atoms with Crippen LogP contribution in [0.1, 0.15) is 30.5 Å². The Hall–Kier alpha value is -2.88. The first-order valence-electron chi connectivity index (χ1n) is 8.52. The monoisotopic (exact) mass is 382 g/mol. The lowest BCUT2D eigenvalue weighted by Gasteiger charge is -2.11. The van der Waals surface area contributed by atoms with Crippen molar-refractivity contribution in [3.8, 4) is 34.7 Å². The molecule has 1 aromatic heterocycles. The van der Waals surface area contributed by atoms with E-state index in [1.807, 2.05) is 32.0 Å². The summed E-state index contributed by atoms with van der Waals surface area (Å²) in [6, 6.07) is 13.6. The van der Waals surface area contributed by atoms with Crippen LogP contribution in [0.5, 0.6) is 5.75 Å². The van der Waals surface area contributed by atoms with Crippen molar-refractivity contribution in [3.63, 3.8) is 0 Å². The minimum Gasteiger partial charge on any atom is -0.490 e. The van der Waals surface area contributed by atoms with Crippen LogP contribution < -0.4 is 10.1 Å². The molecule has 0 atom stereocenters. The van der Waals surface area contributed by atoms with Crippen LogP contribution in [0.3, 0.4) is 0 Å². The topological polar surface area (TPSA) is 84.0 Å². The van der Waals surface area contributed by atoms with E-state index in [2.05, 4.69) is 27.6 Å². The second-order valence-electron chi connectivity index (χ2n) is 6.46. The van der Waals surface area contributed by atoms with E-state index < -0.39 is 0 Å². The minimum absolute atomic E-state index is 0. The van der Waals surface area contributed by atoms with Crippen molar-refractivity contribution in [2.75, 3.05) is 0 Å². The molecule has 27 heavy (non-hydrogen) atoms. The van der Waals surface area contributed by atoms with Gasteiger partial charge in [0.05, 0.1) is 11.7 Å². The maximum absolute atomic E-state index is 9.39. The number of nitrogens with one attached hydrogen (secondary N) is 1. The zero-order valence-electron chi connectivity index (χ0n) is 15.0. The standard InChI is InChI=1S/C20H18N4O2.ClH/c1-12(2)25-18-7-6-13(8-15(18)9-21)20-23-19(24-26-20)16-5-3-4-14-10-22-11-17(14)16;/h3-8,12,22H,10-11H2,1-2H3;1H. The molecule has 0 aliphatic carbocycles. The van der Waals surface area contributed by atoms with Gasteiger partial charge in [-0.1, -0.05) is 23.4 Å². The van der Waals surface area contributed by atoms with Crippen LogP contribution in [0, 0.1) is 11.3 Å². The van der Waals surface area contributed by atoms with E-state index in [1.54, 1.807) is 12.1 Å². The first-order valence-corrected chi connectivity index (χ1v) is 8.52. The van der Waals surface area contributed by atoms with Crippen molar-refractivity contribution in [3.05, 3.63) is 53.1 Å². The van der Waals surface area contributed by atoms with E-state index >= 15 is 0 Å². The summed E-state index contributed by atoms with van der Waals surface area (Å²) in [5.74, 6) is 1.50. The third kappa shape index (κ3) is 3.65. The van der Waals surface area contributed by atoms with E-state index in [1.165, 1.54) is 11.1 Å². The van der Waals surface area contributed by atoms with Gasteiger partial charge in [0.15, 0.2) is 0 Å². The molecule has 6 nitrogen and oxygen atoms in total. The molecule has 1 aliphatic rings. The maximum atomic E-state index is 9.39. The molecule has 0 radical (unpaired) electrons. The van der Waals surface area contributed by atoms with Crippen LogP contribution in [0.4, 0.5) is 0 Å². The van der Waals surface area contributed by atoms with Crippen molar-refractivity contribution in [1.29, 1.82) is 5.26 Å². The summed E-state index contributed by atoms with van der Waals surface area (Å²) in [4.78, 5) is 4.54. The van der Waals surface area contributed by atoms with Crippen molar-refractivity contribution in [2.45, 2.75) is 33.0 Å². The van der Waals surface area contributed by atoms with Gasteiger partial charge in [0.1, 0.15) is 11.8 Å². The molecule has 0 spiro atoms. The second kappa shape index (κ2) is 7.78. The molecule has 0 bridgehead atoms. The number of halogens is 1. The highest BCUT2D eigenvalue weighted by molar-refractivity contribution is 5.85. The summed E-state index contributed by atoms with van der Waals surface area (Å²) < 4.78 is 11.1. The molecule has 0 fully saturated rings. The van der Waals surface area contributed by atoms with Crippen molar-refractivity contribution < 1.29 is 9.26 Å². The molecule has 138 valence electrons. The Bertz CT molecular complexity index is 1010. The molecule has 0 unspecified atom stereocenters. The quantitative estimate of drug-likeness (QED) is 0.731. The normalized spacial score (nSPS) is 12.4. The lowest BCUT2D eigenvalue weighted by atomic mass is 10.0. The molecular weight excluding hydrogens is 364 g/mol. The van der Waals surface area contributed by atoms with Gasteiger partial charge in [0, 0.05) is 24.2 Å². The lowest BCUT2D eigenvalue weighted by molar-refractivity contribution is 0.242. The Labute approximate surface area is 163 Å². The van der Waals surface area contributed by atoms with Gasteiger partial charge in [-0.15, -0.1) is 12.4 Å². The Balaban J connectivity index is 0.00000210. The molecule has 1 N–H and O–H groups in total. The van der Waals surface area contributed by atoms with Gasteiger partial charge < -0.3 is 14.6 Å². The number of hydrogen-bond acceptors (Lipinski definition) is 6. The maximum Gasteiger partial charge on any atom is 0.258 e. The summed E-state index contributed by atoms with van der Waals surface area (Å²) in [5, 5.41) is 16.9. The summed E-state index contributed by atoms with van der Waals surface area (Å²) in [7, 11) is 0. The zero-order valence-corrected chi connectivity index (χ0v) is 15.8. The fourth-order valence-corrected chi connectivity index (χ4v) is 3.10. The number of nitriles is 1. The Morgan fingerprint density at radius 2 is 2.07 bits per heavy atom. The molecule has 2 heterocycles. The minimum atomic E-state index is -0.00302. The number of fused-ring (bicyclic) bond motifs is 1. The highest BCUT2D eigenvalue weighted by Crippen LogP contribution is 2.30. The molecule has 1 aliphatic heterocycles. The Morgan fingerprint density at radius 3 is 2.85 bits per heavy atom. The van der Waals surface area contributed by atoms with Gasteiger partial charge in [-0.2, -0.15) is 10.2 Å². The molecule has 2 aromatic carbocycles. The predicted octanol–water partition coefficient (Wildman–Crippen LogP) is 4.09. The van der Waals surface area contributed by atoms with Gasteiger partial charge in [-0.05, 0) is 43.2 Å². The van der Waals surface area contributed by atoms with Gasteiger partial charge in [0.2, 0.25) is 5.82 Å². The fourth-order valence-electron chi connectivity index (χ4n) is 3.10. The third-order valence-electron chi connectivity index (χ3n) is 4.27. The Kier molecular flexibility index (Phi) is 5.45. The van der Waals surface area contributed by atoms with E-state index in [4.69, 9.17) is 9.26 Å². The van der Waals surface area contributed by atoms with E-state index in [0.29, 0.717) is 28.6 Å². The summed E-state index contributed by atoms with van der Waals surface area (Å²) in [6.45, 7) is 5.50. The Morgan fingerprint density at radius 1 is 1.22 bits per heavy atom. The summed E-state index contributed by atoms with van der Waals surface area (Å²) >= 11 is 0. The SMILES string of the molecule is CC(C)Oc1ccc(-c2nc(-c3cccc4c3CNC4)no2)cc1C#N.Cl. The van der Waals surface area contributed by atoms with Crippen LogP contribution in [0.2, 0.25) is 0 Å². The molecule has 0 saturated heterocycles. The first-order chi connectivity index (χ1) is 12.7. The third-order valence-corrected chi connectivity index (χ3v) is 4.27. The fraction of sp³-hybridized carbons (Fsp3) is 0.250. The first kappa shape index (κ1) is 18.9. The van der Waals surface area contributed by atoms with Crippen LogP contribution in [-0.2, 0) is 13.1 Å². The van der Waals surface area contributed by atoms with Gasteiger partial charge >= 0.3 is 0 Å². The molecule has 4 rings (SSSR count). The van der Waals surface area contributed by atoms with E-state index in [-0.39, 0.29) is 18.5 Å².